The van der Waals surface area contributed by atoms with Gasteiger partial charge in [-0.2, -0.15) is 0 Å². The van der Waals surface area contributed by atoms with Crippen LogP contribution in [0.2, 0.25) is 0 Å². The van der Waals surface area contributed by atoms with Gasteiger partial charge in [-0.1, -0.05) is 97.1 Å². The minimum atomic E-state index is 0.888. The number of aromatic nitrogens is 2. The fourth-order valence-corrected chi connectivity index (χ4v) is 7.22. The molecule has 3 heteroatoms. The summed E-state index contributed by atoms with van der Waals surface area (Å²) < 4.78 is 8.86. The van der Waals surface area contributed by atoms with E-state index in [1.807, 2.05) is 24.4 Å². The Kier molecular flexibility index (Phi) is 4.18. The smallest absolute Gasteiger partial charge is 0.159 e. The van der Waals surface area contributed by atoms with Crippen molar-refractivity contribution >= 4 is 76.2 Å². The van der Waals surface area contributed by atoms with E-state index in [-0.39, 0.29) is 0 Å². The van der Waals surface area contributed by atoms with Crippen LogP contribution in [0.25, 0.3) is 93.0 Å². The Labute approximate surface area is 240 Å². The minimum absolute atomic E-state index is 0.888. The number of furan rings is 1. The Balaban J connectivity index is 1.38. The Morgan fingerprint density at radius 2 is 1.31 bits per heavy atom. The number of nitrogens with zero attached hydrogens (tertiary/aromatic N) is 2. The average Bonchev–Trinajstić information content (AvgIpc) is 3.59. The van der Waals surface area contributed by atoms with E-state index >= 15 is 0 Å². The van der Waals surface area contributed by atoms with E-state index in [1.165, 1.54) is 48.8 Å². The van der Waals surface area contributed by atoms with Crippen LogP contribution in [0.5, 0.6) is 0 Å². The minimum Gasteiger partial charge on any atom is -0.454 e. The first-order chi connectivity index (χ1) is 20.8. The van der Waals surface area contributed by atoms with Crippen LogP contribution >= 0.6 is 0 Å². The van der Waals surface area contributed by atoms with Crippen molar-refractivity contribution in [3.63, 3.8) is 0 Å². The van der Waals surface area contributed by atoms with Crippen LogP contribution in [-0.2, 0) is 0 Å². The molecule has 42 heavy (non-hydrogen) atoms. The van der Waals surface area contributed by atoms with Gasteiger partial charge in [0, 0.05) is 22.4 Å². The second-order valence-electron chi connectivity index (χ2n) is 11.1. The topological polar surface area (TPSA) is 31.0 Å². The molecule has 0 fully saturated rings. The maximum absolute atomic E-state index is 6.52. The molecule has 0 amide bonds. The van der Waals surface area contributed by atoms with Crippen molar-refractivity contribution in [3.05, 3.63) is 134 Å². The monoisotopic (exact) mass is 534 g/mol. The second kappa shape index (κ2) is 7.96. The van der Waals surface area contributed by atoms with Crippen LogP contribution in [-0.4, -0.2) is 9.55 Å². The molecule has 7 aromatic carbocycles. The van der Waals surface area contributed by atoms with Crippen LogP contribution in [0.15, 0.2) is 138 Å². The van der Waals surface area contributed by atoms with Crippen LogP contribution in [0.4, 0.5) is 0 Å². The molecule has 0 aliphatic heterocycles. The fraction of sp³-hybridized carbons (Fsp3) is 0. The van der Waals surface area contributed by atoms with Gasteiger partial charge in [0.2, 0.25) is 0 Å². The zero-order valence-corrected chi connectivity index (χ0v) is 22.5. The lowest BCUT2D eigenvalue weighted by Crippen LogP contribution is -1.95. The number of pyridine rings is 1. The molecular weight excluding hydrogens is 512 g/mol. The molecule has 3 nitrogen and oxygen atoms in total. The molecule has 0 bridgehead atoms. The molecule has 0 aliphatic carbocycles. The zero-order valence-electron chi connectivity index (χ0n) is 22.5. The molecule has 0 N–H and O–H groups in total. The van der Waals surface area contributed by atoms with E-state index in [0.29, 0.717) is 0 Å². The van der Waals surface area contributed by atoms with E-state index in [2.05, 4.69) is 114 Å². The molecule has 0 unspecified atom stereocenters. The molecule has 0 spiro atoms. The van der Waals surface area contributed by atoms with Crippen LogP contribution < -0.4 is 0 Å². The summed E-state index contributed by atoms with van der Waals surface area (Å²) in [6.45, 7) is 0. The van der Waals surface area contributed by atoms with Gasteiger partial charge in [-0.05, 0) is 73.8 Å². The lowest BCUT2D eigenvalue weighted by Gasteiger charge is -2.15. The summed E-state index contributed by atoms with van der Waals surface area (Å²) in [6, 6.07) is 45.6. The van der Waals surface area contributed by atoms with Crippen molar-refractivity contribution in [1.82, 2.24) is 9.55 Å². The summed E-state index contributed by atoms with van der Waals surface area (Å²) in [5.41, 5.74) is 8.51. The van der Waals surface area contributed by atoms with E-state index < -0.39 is 0 Å². The number of rotatable bonds is 2. The summed E-state index contributed by atoms with van der Waals surface area (Å²) in [7, 11) is 0. The summed E-state index contributed by atoms with van der Waals surface area (Å²) in [5.74, 6) is 0. The van der Waals surface area contributed by atoms with Gasteiger partial charge in [-0.3, -0.25) is 4.98 Å². The zero-order chi connectivity index (χ0) is 27.4. The predicted molar refractivity (Wildman–Crippen MR) is 175 cm³/mol. The van der Waals surface area contributed by atoms with Gasteiger partial charge < -0.3 is 8.98 Å². The summed E-state index contributed by atoms with van der Waals surface area (Å²) in [4.78, 5) is 4.97. The van der Waals surface area contributed by atoms with E-state index in [0.717, 1.165) is 44.2 Å². The van der Waals surface area contributed by atoms with Crippen molar-refractivity contribution in [2.45, 2.75) is 0 Å². The molecule has 3 aromatic heterocycles. The third-order valence-corrected chi connectivity index (χ3v) is 8.98. The normalized spacial score (nSPS) is 12.3. The van der Waals surface area contributed by atoms with Crippen molar-refractivity contribution < 1.29 is 4.42 Å². The quantitative estimate of drug-likeness (QED) is 0.207. The molecule has 0 atom stereocenters. The number of fused-ring (bicyclic) bond motifs is 7. The standard InChI is InChI=1S/C39H22N2O/c1-2-8-23(9-3-1)26-18-15-24-16-20-30-36-25(17-19-28(26)35(24)36)22-33-37(30)38-31(13-7-21-40-38)41(33)32-12-6-11-29-27-10-4-5-14-34(27)42-39(29)32/h1-22H. The van der Waals surface area contributed by atoms with E-state index in [4.69, 9.17) is 9.40 Å². The van der Waals surface area contributed by atoms with Gasteiger partial charge in [0.1, 0.15) is 5.58 Å². The molecule has 0 saturated carbocycles. The summed E-state index contributed by atoms with van der Waals surface area (Å²) in [6.07, 6.45) is 1.90. The first-order valence-electron chi connectivity index (χ1n) is 14.3. The summed E-state index contributed by atoms with van der Waals surface area (Å²) in [5, 5.41) is 11.0. The molecule has 0 saturated heterocycles. The Morgan fingerprint density at radius 3 is 2.26 bits per heavy atom. The third kappa shape index (κ3) is 2.77. The molecule has 0 radical (unpaired) electrons. The first-order valence-corrected chi connectivity index (χ1v) is 14.3. The lowest BCUT2D eigenvalue weighted by atomic mass is 9.89. The molecule has 194 valence electrons. The van der Waals surface area contributed by atoms with E-state index in [1.54, 1.807) is 0 Å². The molecular formula is C39H22N2O. The van der Waals surface area contributed by atoms with Gasteiger partial charge in [0.05, 0.1) is 22.2 Å². The van der Waals surface area contributed by atoms with Gasteiger partial charge in [-0.25, -0.2) is 0 Å². The average molecular weight is 535 g/mol. The maximum Gasteiger partial charge on any atom is 0.159 e. The lowest BCUT2D eigenvalue weighted by molar-refractivity contribution is 0.666. The largest absolute Gasteiger partial charge is 0.454 e. The highest BCUT2D eigenvalue weighted by Gasteiger charge is 2.22. The van der Waals surface area contributed by atoms with Crippen LogP contribution in [0.3, 0.4) is 0 Å². The summed E-state index contributed by atoms with van der Waals surface area (Å²) >= 11 is 0. The highest BCUT2D eigenvalue weighted by atomic mass is 16.3. The Hall–Kier alpha value is -5.67. The van der Waals surface area contributed by atoms with Gasteiger partial charge in [0.25, 0.3) is 0 Å². The van der Waals surface area contributed by atoms with Crippen molar-refractivity contribution in [2.24, 2.45) is 0 Å². The van der Waals surface area contributed by atoms with Gasteiger partial charge in [-0.15, -0.1) is 0 Å². The van der Waals surface area contributed by atoms with Crippen molar-refractivity contribution in [3.8, 4) is 16.8 Å². The highest BCUT2D eigenvalue weighted by molar-refractivity contribution is 6.33. The van der Waals surface area contributed by atoms with Crippen molar-refractivity contribution in [1.29, 1.82) is 0 Å². The molecule has 10 aromatic rings. The SMILES string of the molecule is c1ccc(-c2ccc3ccc4c5c(ccc2c35)cc2c4c3ncccc3n2-c2cccc3c2oc2ccccc23)cc1. The number of benzene rings is 7. The van der Waals surface area contributed by atoms with Crippen LogP contribution in [0, 0.1) is 0 Å². The maximum atomic E-state index is 6.52. The second-order valence-corrected chi connectivity index (χ2v) is 11.1. The number of para-hydroxylation sites is 2. The molecule has 0 aliphatic rings. The van der Waals surface area contributed by atoms with E-state index in [9.17, 15) is 0 Å². The number of hydrogen-bond acceptors (Lipinski definition) is 2. The van der Waals surface area contributed by atoms with Gasteiger partial charge in [0.15, 0.2) is 5.58 Å². The third-order valence-electron chi connectivity index (χ3n) is 8.98. The fourth-order valence-electron chi connectivity index (χ4n) is 7.22. The molecule has 3 heterocycles. The Morgan fingerprint density at radius 1 is 0.524 bits per heavy atom. The van der Waals surface area contributed by atoms with Crippen LogP contribution in [0.1, 0.15) is 0 Å². The van der Waals surface area contributed by atoms with Crippen molar-refractivity contribution in [2.75, 3.05) is 0 Å². The van der Waals surface area contributed by atoms with Gasteiger partial charge >= 0.3 is 0 Å². The Bertz CT molecular complexity index is 2680. The number of hydrogen-bond donors (Lipinski definition) is 0. The first kappa shape index (κ1) is 22.1. The molecule has 10 rings (SSSR count). The predicted octanol–water partition coefficient (Wildman–Crippen LogP) is 10.6. The highest BCUT2D eigenvalue weighted by Crippen LogP contribution is 2.45.